The number of nitrogens with zero attached hydrogens (tertiary/aromatic N) is 3. The first-order valence-electron chi connectivity index (χ1n) is 7.34. The van der Waals surface area contributed by atoms with Crippen LogP contribution in [0, 0.1) is 5.41 Å². The minimum absolute atomic E-state index is 0.00974. The van der Waals surface area contributed by atoms with E-state index in [1.54, 1.807) is 11.1 Å². The summed E-state index contributed by atoms with van der Waals surface area (Å²) in [7, 11) is 1.89. The van der Waals surface area contributed by atoms with Gasteiger partial charge in [0, 0.05) is 44.9 Å². The Hall–Kier alpha value is -1.85. The largest absolute Gasteiger partial charge is 0.344 e. The van der Waals surface area contributed by atoms with E-state index in [1.165, 1.54) is 0 Å². The van der Waals surface area contributed by atoms with E-state index in [9.17, 15) is 9.59 Å². The van der Waals surface area contributed by atoms with Gasteiger partial charge in [-0.15, -0.1) is 0 Å². The van der Waals surface area contributed by atoms with Crippen molar-refractivity contribution in [3.05, 3.63) is 18.0 Å². The Kier molecular flexibility index (Phi) is 4.34. The molecule has 0 aliphatic carbocycles. The highest BCUT2D eigenvalue weighted by Gasteiger charge is 2.37. The summed E-state index contributed by atoms with van der Waals surface area (Å²) >= 11 is 0. The Morgan fingerprint density at radius 2 is 2.10 bits per heavy atom. The summed E-state index contributed by atoms with van der Waals surface area (Å²) in [6, 6.07) is 1.49. The van der Waals surface area contributed by atoms with Gasteiger partial charge >= 0.3 is 0 Å². The molecule has 6 nitrogen and oxygen atoms in total. The lowest BCUT2D eigenvalue weighted by Crippen LogP contribution is -2.52. The van der Waals surface area contributed by atoms with Gasteiger partial charge in [0.2, 0.25) is 11.8 Å². The second kappa shape index (κ2) is 5.87. The first-order chi connectivity index (χ1) is 9.79. The lowest BCUT2D eigenvalue weighted by atomic mass is 9.86. The first-order valence-corrected chi connectivity index (χ1v) is 7.34. The molecule has 1 atom stereocenters. The van der Waals surface area contributed by atoms with Gasteiger partial charge in [0.25, 0.3) is 0 Å². The van der Waals surface area contributed by atoms with Crippen LogP contribution < -0.4 is 5.32 Å². The maximum absolute atomic E-state index is 12.7. The number of aromatic nitrogens is 2. The molecule has 0 bridgehead atoms. The van der Waals surface area contributed by atoms with Crippen LogP contribution in [0.5, 0.6) is 0 Å². The van der Waals surface area contributed by atoms with Crippen molar-refractivity contribution in [1.82, 2.24) is 20.0 Å². The molecule has 0 aromatic carbocycles. The van der Waals surface area contributed by atoms with Gasteiger partial charge in [-0.25, -0.2) is 0 Å². The maximum Gasteiger partial charge on any atom is 0.245 e. The molecule has 0 spiro atoms. The highest BCUT2D eigenvalue weighted by molar-refractivity contribution is 5.90. The monoisotopic (exact) mass is 292 g/mol. The van der Waals surface area contributed by atoms with Gasteiger partial charge < -0.3 is 10.2 Å². The first kappa shape index (κ1) is 15.5. The average molecular weight is 292 g/mol. The van der Waals surface area contributed by atoms with Crippen molar-refractivity contribution in [3.8, 4) is 0 Å². The number of carbonyl (C=O) groups is 2. The zero-order valence-electron chi connectivity index (χ0n) is 13.2. The molecule has 1 saturated heterocycles. The fourth-order valence-corrected chi connectivity index (χ4v) is 2.53. The molecule has 6 heteroatoms. The topological polar surface area (TPSA) is 67.2 Å². The lowest BCUT2D eigenvalue weighted by Gasteiger charge is -2.32. The number of aryl methyl sites for hydroxylation is 1. The summed E-state index contributed by atoms with van der Waals surface area (Å²) in [5, 5.41) is 6.99. The zero-order valence-corrected chi connectivity index (χ0v) is 13.2. The summed E-state index contributed by atoms with van der Waals surface area (Å²) in [6.07, 6.45) is 2.86. The van der Waals surface area contributed by atoms with Gasteiger partial charge in [0.05, 0.1) is 0 Å². The van der Waals surface area contributed by atoms with E-state index in [-0.39, 0.29) is 17.2 Å². The molecule has 1 aromatic heterocycles. The molecule has 1 fully saturated rings. The van der Waals surface area contributed by atoms with E-state index in [4.69, 9.17) is 0 Å². The third-order valence-corrected chi connectivity index (χ3v) is 3.90. The highest BCUT2D eigenvalue weighted by Crippen LogP contribution is 2.23. The second-order valence-electron chi connectivity index (χ2n) is 6.64. The van der Waals surface area contributed by atoms with Crippen molar-refractivity contribution in [3.63, 3.8) is 0 Å². The van der Waals surface area contributed by atoms with E-state index in [1.807, 2.05) is 38.6 Å². The minimum atomic E-state index is -0.459. The molecule has 0 saturated carbocycles. The van der Waals surface area contributed by atoms with Gasteiger partial charge in [-0.05, 0) is 11.5 Å². The van der Waals surface area contributed by atoms with Crippen molar-refractivity contribution in [2.24, 2.45) is 12.5 Å². The number of rotatable bonds is 3. The molecule has 2 rings (SSSR count). The number of hydrogen-bond acceptors (Lipinski definition) is 3. The van der Waals surface area contributed by atoms with Crippen LogP contribution in [-0.2, 0) is 23.1 Å². The third-order valence-electron chi connectivity index (χ3n) is 3.90. The molecule has 0 radical (unpaired) electrons. The van der Waals surface area contributed by atoms with Crippen LogP contribution in [0.2, 0.25) is 0 Å². The van der Waals surface area contributed by atoms with Gasteiger partial charge in [-0.2, -0.15) is 5.10 Å². The summed E-state index contributed by atoms with van der Waals surface area (Å²) in [5.41, 5.74) is 0.792. The maximum atomic E-state index is 12.7. The molecule has 21 heavy (non-hydrogen) atoms. The Morgan fingerprint density at radius 1 is 1.38 bits per heavy atom. The number of hydrogen-bond donors (Lipinski definition) is 1. The van der Waals surface area contributed by atoms with Gasteiger partial charge in [-0.1, -0.05) is 20.8 Å². The van der Waals surface area contributed by atoms with Crippen molar-refractivity contribution in [1.29, 1.82) is 0 Å². The molecule has 1 aliphatic rings. The molecule has 2 heterocycles. The summed E-state index contributed by atoms with van der Waals surface area (Å²) in [6.45, 7) is 7.01. The van der Waals surface area contributed by atoms with Crippen molar-refractivity contribution in [2.45, 2.75) is 39.7 Å². The zero-order chi connectivity index (χ0) is 15.6. The highest BCUT2D eigenvalue weighted by atomic mass is 16.2. The van der Waals surface area contributed by atoms with E-state index in [2.05, 4.69) is 10.4 Å². The number of nitrogens with one attached hydrogen (secondary N) is 1. The normalized spacial score (nSPS) is 20.4. The number of amides is 2. The van der Waals surface area contributed by atoms with E-state index in [0.29, 0.717) is 19.5 Å². The molecular weight excluding hydrogens is 268 g/mol. The molecule has 1 unspecified atom stereocenters. The van der Waals surface area contributed by atoms with Crippen LogP contribution in [0.25, 0.3) is 0 Å². The van der Waals surface area contributed by atoms with Crippen LogP contribution in [0.3, 0.4) is 0 Å². The molecule has 1 aromatic rings. The Labute approximate surface area is 125 Å². The molecule has 1 N–H and O–H groups in total. The van der Waals surface area contributed by atoms with Crippen molar-refractivity contribution in [2.75, 3.05) is 13.1 Å². The molecule has 1 aliphatic heterocycles. The summed E-state index contributed by atoms with van der Waals surface area (Å²) < 4.78 is 1.81. The lowest BCUT2D eigenvalue weighted by molar-refractivity contribution is -0.136. The van der Waals surface area contributed by atoms with E-state index < -0.39 is 6.04 Å². The molecule has 116 valence electrons. The molecular formula is C15H24N4O2. The van der Waals surface area contributed by atoms with E-state index in [0.717, 1.165) is 12.1 Å². The second-order valence-corrected chi connectivity index (χ2v) is 6.64. The average Bonchev–Trinajstić information content (AvgIpc) is 2.73. The Balaban J connectivity index is 2.09. The fourth-order valence-electron chi connectivity index (χ4n) is 2.53. The smallest absolute Gasteiger partial charge is 0.245 e. The SMILES string of the molecule is Cn1nccc1CCN1CCC(=O)NC(C(C)(C)C)C1=O. The van der Waals surface area contributed by atoms with Crippen LogP contribution in [0.4, 0.5) is 0 Å². The van der Waals surface area contributed by atoms with E-state index >= 15 is 0 Å². The van der Waals surface area contributed by atoms with Crippen LogP contribution in [-0.4, -0.2) is 45.6 Å². The summed E-state index contributed by atoms with van der Waals surface area (Å²) in [5.74, 6) is -0.0400. The Morgan fingerprint density at radius 3 is 2.67 bits per heavy atom. The number of carbonyl (C=O) groups excluding carboxylic acids is 2. The Bertz CT molecular complexity index is 530. The minimum Gasteiger partial charge on any atom is -0.344 e. The van der Waals surface area contributed by atoms with Gasteiger partial charge in [0.1, 0.15) is 6.04 Å². The predicted octanol–water partition coefficient (Wildman–Crippen LogP) is 0.726. The standard InChI is InChI=1S/C15H24N4O2/c1-15(2,3)13-14(21)19(10-7-12(20)17-13)9-6-11-5-8-16-18(11)4/h5,8,13H,6-7,9-10H2,1-4H3,(H,17,20). The fraction of sp³-hybridized carbons (Fsp3) is 0.667. The van der Waals surface area contributed by atoms with Gasteiger partial charge in [0.15, 0.2) is 0 Å². The predicted molar refractivity (Wildman–Crippen MR) is 79.5 cm³/mol. The summed E-state index contributed by atoms with van der Waals surface area (Å²) in [4.78, 5) is 26.3. The third kappa shape index (κ3) is 3.62. The quantitative estimate of drug-likeness (QED) is 0.893. The van der Waals surface area contributed by atoms with Crippen LogP contribution in [0.15, 0.2) is 12.3 Å². The van der Waals surface area contributed by atoms with Crippen molar-refractivity contribution < 1.29 is 9.59 Å². The van der Waals surface area contributed by atoms with Gasteiger partial charge in [-0.3, -0.25) is 14.3 Å². The van der Waals surface area contributed by atoms with Crippen molar-refractivity contribution >= 4 is 11.8 Å². The van der Waals surface area contributed by atoms with Crippen LogP contribution in [0.1, 0.15) is 32.9 Å². The molecule has 2 amide bonds. The van der Waals surface area contributed by atoms with Crippen LogP contribution >= 0.6 is 0 Å².